The van der Waals surface area contributed by atoms with Gasteiger partial charge in [-0.25, -0.2) is 9.29 Å². The molecule has 2 N–H and O–H groups in total. The Bertz CT molecular complexity index is 2080. The third-order valence-electron chi connectivity index (χ3n) is 8.28. The van der Waals surface area contributed by atoms with Gasteiger partial charge in [-0.3, -0.25) is 4.79 Å². The fourth-order valence-corrected chi connectivity index (χ4v) is 8.15. The molecule has 4 aromatic carbocycles. The van der Waals surface area contributed by atoms with E-state index in [1.165, 1.54) is 0 Å². The summed E-state index contributed by atoms with van der Waals surface area (Å²) in [5.41, 5.74) is 12.3. The second kappa shape index (κ2) is 14.0. The number of hydrogen-bond acceptors (Lipinski definition) is 6. The zero-order chi connectivity index (χ0) is 34.9. The van der Waals surface area contributed by atoms with Crippen LogP contribution < -0.4 is 10.0 Å². The summed E-state index contributed by atoms with van der Waals surface area (Å²) in [5, 5.41) is 1.00. The normalized spacial score (nSPS) is 14.5. The molecule has 0 aliphatic carbocycles. The molecule has 1 aliphatic heterocycles. The minimum atomic E-state index is -4.09. The highest BCUT2D eigenvalue weighted by molar-refractivity contribution is 7.91. The van der Waals surface area contributed by atoms with E-state index in [9.17, 15) is 13.2 Å². The van der Waals surface area contributed by atoms with Gasteiger partial charge in [0.15, 0.2) is 0 Å². The van der Waals surface area contributed by atoms with Crippen LogP contribution in [0.25, 0.3) is 28.1 Å². The van der Waals surface area contributed by atoms with E-state index in [4.69, 9.17) is 38.7 Å². The lowest BCUT2D eigenvalue weighted by Crippen LogP contribution is -2.36. The molecule has 1 aromatic heterocycles. The second-order valence-corrected chi connectivity index (χ2v) is 21.4. The number of halogens is 2. The van der Waals surface area contributed by atoms with Crippen LogP contribution in [0.15, 0.2) is 97.2 Å². The number of rotatable bonds is 11. The summed E-state index contributed by atoms with van der Waals surface area (Å²) in [6.45, 7) is 6.45. The minimum Gasteiger partial charge on any atom is -0.399 e. The first-order valence-corrected chi connectivity index (χ1v) is 21.6. The Hall–Kier alpha value is -4.13. The fraction of sp³-hybridized carbons (Fsp3) is 0.222. The number of aromatic nitrogens is 2. The third-order valence-corrected chi connectivity index (χ3v) is 12.3. The Morgan fingerprint density at radius 3 is 2.14 bits per heavy atom. The number of nitrogens with zero attached hydrogens (tertiary/aromatic N) is 4. The van der Waals surface area contributed by atoms with Gasteiger partial charge in [0.05, 0.1) is 16.4 Å². The summed E-state index contributed by atoms with van der Waals surface area (Å²) in [6.07, 6.45) is 2.41. The van der Waals surface area contributed by atoms with Crippen molar-refractivity contribution in [1.29, 1.82) is 0 Å². The first kappa shape index (κ1) is 34.7. The molecule has 254 valence electrons. The molecule has 0 atom stereocenters. The van der Waals surface area contributed by atoms with Crippen LogP contribution in [-0.2, 0) is 26.2 Å². The fourth-order valence-electron chi connectivity index (χ4n) is 5.47. The predicted molar refractivity (Wildman–Crippen MR) is 200 cm³/mol. The highest BCUT2D eigenvalue weighted by atomic mass is 35.5. The van der Waals surface area contributed by atoms with Gasteiger partial charge >= 0.3 is 10.2 Å². The molecule has 1 aliphatic rings. The van der Waals surface area contributed by atoms with Gasteiger partial charge in [-0.15, -0.1) is 0 Å². The Morgan fingerprint density at radius 2 is 1.51 bits per heavy atom. The van der Waals surface area contributed by atoms with E-state index in [1.54, 1.807) is 24.3 Å². The zero-order valence-corrected chi connectivity index (χ0v) is 30.8. The Balaban J connectivity index is 1.27. The monoisotopic (exact) mass is 733 g/mol. The SMILES string of the molecule is C[Si](C)(C)CCOCN1C(=O)CN(c2ccc(-n3cc(-c4ccc(Cl)cc4Cl)nc3Cc3ccc(-c4ccc(N)cc4)cc3)cc2)S1(=O)=O. The van der Waals surface area contributed by atoms with E-state index in [0.29, 0.717) is 40.1 Å². The van der Waals surface area contributed by atoms with Gasteiger partial charge < -0.3 is 15.0 Å². The lowest BCUT2D eigenvalue weighted by Gasteiger charge is -2.21. The highest BCUT2D eigenvalue weighted by Crippen LogP contribution is 2.33. The molecule has 1 fully saturated rings. The van der Waals surface area contributed by atoms with Crippen LogP contribution in [0.4, 0.5) is 11.4 Å². The molecular weight excluding hydrogens is 697 g/mol. The van der Waals surface area contributed by atoms with Crippen LogP contribution >= 0.6 is 23.2 Å². The van der Waals surface area contributed by atoms with Gasteiger partial charge in [-0.2, -0.15) is 12.7 Å². The van der Waals surface area contributed by atoms with Crippen molar-refractivity contribution < 1.29 is 17.9 Å². The molecule has 0 radical (unpaired) electrons. The quantitative estimate of drug-likeness (QED) is 0.0840. The largest absolute Gasteiger partial charge is 0.399 e. The molecule has 1 amide bonds. The summed E-state index contributed by atoms with van der Waals surface area (Å²) >= 11 is 12.7. The van der Waals surface area contributed by atoms with Crippen LogP contribution in [0.5, 0.6) is 0 Å². The van der Waals surface area contributed by atoms with Crippen LogP contribution in [0.2, 0.25) is 35.7 Å². The molecule has 49 heavy (non-hydrogen) atoms. The summed E-state index contributed by atoms with van der Waals surface area (Å²) < 4.78 is 36.2. The van der Waals surface area contributed by atoms with Crippen LogP contribution in [0.1, 0.15) is 11.4 Å². The van der Waals surface area contributed by atoms with Crippen molar-refractivity contribution in [3.8, 4) is 28.1 Å². The predicted octanol–water partition coefficient (Wildman–Crippen LogP) is 7.89. The molecule has 9 nitrogen and oxygen atoms in total. The molecule has 5 aromatic rings. The van der Waals surface area contributed by atoms with E-state index in [2.05, 4.69) is 43.9 Å². The van der Waals surface area contributed by atoms with E-state index in [1.807, 2.05) is 53.2 Å². The van der Waals surface area contributed by atoms with Gasteiger partial charge in [0.25, 0.3) is 5.91 Å². The number of carbonyl (C=O) groups excluding carboxylic acids is 1. The van der Waals surface area contributed by atoms with Gasteiger partial charge in [-0.1, -0.05) is 79.2 Å². The number of imidazole rings is 1. The highest BCUT2D eigenvalue weighted by Gasteiger charge is 2.42. The van der Waals surface area contributed by atoms with E-state index >= 15 is 0 Å². The van der Waals surface area contributed by atoms with E-state index < -0.39 is 24.2 Å². The Kier molecular flexibility index (Phi) is 9.92. The Morgan fingerprint density at radius 1 is 0.878 bits per heavy atom. The number of benzene rings is 4. The molecule has 1 saturated heterocycles. The van der Waals surface area contributed by atoms with Crippen molar-refractivity contribution in [1.82, 2.24) is 13.9 Å². The summed E-state index contributed by atoms with van der Waals surface area (Å²) in [5.74, 6) is 0.223. The van der Waals surface area contributed by atoms with Crippen LogP contribution in [0, 0.1) is 0 Å². The molecule has 2 heterocycles. The maximum Gasteiger partial charge on any atom is 0.331 e. The lowest BCUT2D eigenvalue weighted by molar-refractivity contribution is -0.127. The zero-order valence-electron chi connectivity index (χ0n) is 27.4. The summed E-state index contributed by atoms with van der Waals surface area (Å²) in [6, 6.07) is 29.2. The molecule has 0 spiro atoms. The van der Waals surface area contributed by atoms with Gasteiger partial charge in [0.2, 0.25) is 0 Å². The number of carbonyl (C=O) groups is 1. The number of nitrogen functional groups attached to an aromatic ring is 1. The molecule has 13 heteroatoms. The second-order valence-electron chi connectivity index (χ2n) is 13.2. The van der Waals surface area contributed by atoms with Crippen molar-refractivity contribution in [3.63, 3.8) is 0 Å². The van der Waals surface area contributed by atoms with Gasteiger partial charge in [0, 0.05) is 49.3 Å². The van der Waals surface area contributed by atoms with E-state index in [0.717, 1.165) is 48.4 Å². The maximum absolute atomic E-state index is 13.4. The number of anilines is 2. The molecule has 0 unspecified atom stereocenters. The summed E-state index contributed by atoms with van der Waals surface area (Å²) in [7, 11) is -5.45. The lowest BCUT2D eigenvalue weighted by atomic mass is 10.0. The van der Waals surface area contributed by atoms with Crippen molar-refractivity contribution in [2.75, 3.05) is 29.9 Å². The van der Waals surface area contributed by atoms with Gasteiger partial charge in [-0.05, 0) is 77.3 Å². The standard InChI is InChI=1S/C36H37Cl2N5O4SSi/c1-49(2,3)19-18-47-24-43-36(44)23-42(48(43,45)46)31-15-13-30(14-16-31)41-22-34(32-17-10-28(37)21-33(32)38)40-35(41)20-25-4-6-26(7-5-25)27-8-11-29(39)12-9-27/h4-17,21-22H,18-20,23-24,39H2,1-3H3. The topological polar surface area (TPSA) is 111 Å². The van der Waals surface area contributed by atoms with Gasteiger partial charge in [0.1, 0.15) is 19.1 Å². The number of ether oxygens (including phenoxy) is 1. The Labute approximate surface area is 298 Å². The van der Waals surface area contributed by atoms with Crippen LogP contribution in [-0.4, -0.2) is 56.1 Å². The van der Waals surface area contributed by atoms with Crippen molar-refractivity contribution >= 4 is 58.8 Å². The molecule has 0 bridgehead atoms. The summed E-state index contributed by atoms with van der Waals surface area (Å²) in [4.78, 5) is 17.7. The number of amides is 1. The molecular formula is C36H37Cl2N5O4SSi. The van der Waals surface area contributed by atoms with E-state index in [-0.39, 0.29) is 13.3 Å². The van der Waals surface area contributed by atoms with Crippen LogP contribution in [0.3, 0.4) is 0 Å². The number of hydrogen-bond donors (Lipinski definition) is 1. The average Bonchev–Trinajstić information content (AvgIpc) is 3.56. The van der Waals surface area contributed by atoms with Crippen molar-refractivity contribution in [3.05, 3.63) is 119 Å². The molecule has 0 saturated carbocycles. The first-order valence-electron chi connectivity index (χ1n) is 15.8. The van der Waals surface area contributed by atoms with Crippen molar-refractivity contribution in [2.45, 2.75) is 32.1 Å². The average molecular weight is 735 g/mol. The first-order chi connectivity index (χ1) is 23.3. The van der Waals surface area contributed by atoms with Crippen molar-refractivity contribution in [2.24, 2.45) is 0 Å². The number of nitrogens with two attached hydrogens (primary N) is 1. The smallest absolute Gasteiger partial charge is 0.331 e. The third kappa shape index (κ3) is 7.87. The minimum absolute atomic E-state index is 0.291. The maximum atomic E-state index is 13.4. The molecule has 6 rings (SSSR count).